The van der Waals surface area contributed by atoms with Crippen LogP contribution in [0.2, 0.25) is 0 Å². The predicted octanol–water partition coefficient (Wildman–Crippen LogP) is 1.85. The normalized spacial score (nSPS) is 17.8. The molecule has 2 heterocycles. The summed E-state index contributed by atoms with van der Waals surface area (Å²) in [4.78, 5) is 15.9. The van der Waals surface area contributed by atoms with Crippen molar-refractivity contribution in [3.05, 3.63) is 23.9 Å². The molecule has 0 aliphatic carbocycles. The zero-order valence-corrected chi connectivity index (χ0v) is 12.6. The molecule has 0 spiro atoms. The van der Waals surface area contributed by atoms with Crippen molar-refractivity contribution in [1.29, 1.82) is 0 Å². The summed E-state index contributed by atoms with van der Waals surface area (Å²) < 4.78 is 10.9. The van der Waals surface area contributed by atoms with E-state index in [1.165, 1.54) is 0 Å². The molecule has 1 aromatic heterocycles. The van der Waals surface area contributed by atoms with E-state index in [1.54, 1.807) is 12.3 Å². The van der Waals surface area contributed by atoms with Crippen molar-refractivity contribution in [3.63, 3.8) is 0 Å². The number of hydrogen-bond donors (Lipinski definition) is 2. The summed E-state index contributed by atoms with van der Waals surface area (Å²) in [5, 5.41) is 5.61. The van der Waals surface area contributed by atoms with Gasteiger partial charge >= 0.3 is 6.03 Å². The molecule has 0 radical (unpaired) electrons. The molecule has 0 aromatic carbocycles. The van der Waals surface area contributed by atoms with Crippen molar-refractivity contribution >= 4 is 6.03 Å². The third kappa shape index (κ3) is 5.59. The van der Waals surface area contributed by atoms with E-state index >= 15 is 0 Å². The zero-order chi connectivity index (χ0) is 15.1. The monoisotopic (exact) mass is 293 g/mol. The highest BCUT2D eigenvalue weighted by Crippen LogP contribution is 2.11. The Morgan fingerprint density at radius 3 is 2.95 bits per heavy atom. The van der Waals surface area contributed by atoms with E-state index in [0.29, 0.717) is 19.0 Å². The molecule has 21 heavy (non-hydrogen) atoms. The van der Waals surface area contributed by atoms with Gasteiger partial charge in [0.05, 0.1) is 12.2 Å². The minimum atomic E-state index is -0.187. The van der Waals surface area contributed by atoms with Crippen LogP contribution in [0.5, 0.6) is 5.88 Å². The number of carbonyl (C=O) groups is 1. The molecule has 1 fully saturated rings. The van der Waals surface area contributed by atoms with E-state index in [9.17, 15) is 4.79 Å². The lowest BCUT2D eigenvalue weighted by Crippen LogP contribution is -2.39. The fraction of sp³-hybridized carbons (Fsp3) is 0.600. The molecule has 0 unspecified atom stereocenters. The first-order valence-corrected chi connectivity index (χ1v) is 7.38. The van der Waals surface area contributed by atoms with Gasteiger partial charge in [-0.05, 0) is 32.3 Å². The molecule has 1 aliphatic heterocycles. The molecular formula is C15H23N3O3. The number of carbonyl (C=O) groups excluding carboxylic acids is 1. The number of urea groups is 1. The van der Waals surface area contributed by atoms with Crippen LogP contribution in [0.3, 0.4) is 0 Å². The molecule has 0 bridgehead atoms. The van der Waals surface area contributed by atoms with Crippen molar-refractivity contribution in [1.82, 2.24) is 15.6 Å². The first-order chi connectivity index (χ1) is 10.1. The minimum Gasteiger partial charge on any atom is -0.475 e. The third-order valence-electron chi connectivity index (χ3n) is 3.12. The van der Waals surface area contributed by atoms with Gasteiger partial charge in [-0.3, -0.25) is 0 Å². The van der Waals surface area contributed by atoms with Gasteiger partial charge in [0.15, 0.2) is 0 Å². The lowest BCUT2D eigenvalue weighted by atomic mass is 10.2. The molecule has 6 heteroatoms. The predicted molar refractivity (Wildman–Crippen MR) is 79.2 cm³/mol. The largest absolute Gasteiger partial charge is 0.475 e. The smallest absolute Gasteiger partial charge is 0.315 e. The van der Waals surface area contributed by atoms with Crippen molar-refractivity contribution in [2.45, 2.75) is 45.4 Å². The van der Waals surface area contributed by atoms with Crippen molar-refractivity contribution in [3.8, 4) is 5.88 Å². The molecule has 116 valence electrons. The van der Waals surface area contributed by atoms with Gasteiger partial charge in [-0.15, -0.1) is 0 Å². The molecule has 1 aromatic rings. The van der Waals surface area contributed by atoms with Crippen LogP contribution in [0.15, 0.2) is 18.3 Å². The molecule has 2 N–H and O–H groups in total. The fourth-order valence-corrected chi connectivity index (χ4v) is 2.08. The second-order valence-electron chi connectivity index (χ2n) is 5.37. The Labute approximate surface area is 125 Å². The summed E-state index contributed by atoms with van der Waals surface area (Å²) in [5.74, 6) is 0.594. The number of aromatic nitrogens is 1. The second-order valence-corrected chi connectivity index (χ2v) is 5.37. The van der Waals surface area contributed by atoms with Gasteiger partial charge in [-0.1, -0.05) is 6.07 Å². The fourth-order valence-electron chi connectivity index (χ4n) is 2.08. The Bertz CT molecular complexity index is 442. The van der Waals surface area contributed by atoms with Crippen molar-refractivity contribution < 1.29 is 14.3 Å². The quantitative estimate of drug-likeness (QED) is 0.839. The average Bonchev–Trinajstić information content (AvgIpc) is 2.97. The maximum absolute atomic E-state index is 11.7. The summed E-state index contributed by atoms with van der Waals surface area (Å²) in [6.45, 7) is 5.70. The molecular weight excluding hydrogens is 270 g/mol. The number of rotatable bonds is 6. The van der Waals surface area contributed by atoms with Gasteiger partial charge in [0.1, 0.15) is 0 Å². The van der Waals surface area contributed by atoms with E-state index in [4.69, 9.17) is 9.47 Å². The zero-order valence-electron chi connectivity index (χ0n) is 12.6. The standard InChI is InChI=1S/C15H23N3O3/c1-11(2)21-14-6-5-12(8-16-14)9-17-15(19)18-10-13-4-3-7-20-13/h5-6,8,11,13H,3-4,7,9-10H2,1-2H3,(H2,17,18,19)/t13-/m1/s1. The molecule has 2 rings (SSSR count). The Morgan fingerprint density at radius 1 is 1.48 bits per heavy atom. The maximum Gasteiger partial charge on any atom is 0.315 e. The average molecular weight is 293 g/mol. The highest BCUT2D eigenvalue weighted by Gasteiger charge is 2.15. The summed E-state index contributed by atoms with van der Waals surface area (Å²) in [6.07, 6.45) is 4.05. The molecule has 1 aliphatic rings. The molecule has 1 atom stereocenters. The lowest BCUT2D eigenvalue weighted by Gasteiger charge is -2.12. The highest BCUT2D eigenvalue weighted by molar-refractivity contribution is 5.73. The Kier molecular flexibility index (Phi) is 5.80. The lowest BCUT2D eigenvalue weighted by molar-refractivity contribution is 0.111. The van der Waals surface area contributed by atoms with Crippen LogP contribution in [-0.4, -0.2) is 36.4 Å². The minimum absolute atomic E-state index is 0.102. The van der Waals surface area contributed by atoms with Crippen LogP contribution in [-0.2, 0) is 11.3 Å². The maximum atomic E-state index is 11.7. The van der Waals surface area contributed by atoms with Gasteiger partial charge in [0.25, 0.3) is 0 Å². The molecule has 6 nitrogen and oxygen atoms in total. The summed E-state index contributed by atoms with van der Waals surface area (Å²) in [7, 11) is 0. The van der Waals surface area contributed by atoms with E-state index in [0.717, 1.165) is 25.0 Å². The topological polar surface area (TPSA) is 72.5 Å². The van der Waals surface area contributed by atoms with Crippen LogP contribution in [0, 0.1) is 0 Å². The van der Waals surface area contributed by atoms with Gasteiger partial charge < -0.3 is 20.1 Å². The van der Waals surface area contributed by atoms with E-state index in [1.807, 2.05) is 19.9 Å². The third-order valence-corrected chi connectivity index (χ3v) is 3.12. The van der Waals surface area contributed by atoms with E-state index in [2.05, 4.69) is 15.6 Å². The van der Waals surface area contributed by atoms with Crippen LogP contribution >= 0.6 is 0 Å². The van der Waals surface area contributed by atoms with Crippen LogP contribution in [0.1, 0.15) is 32.3 Å². The summed E-state index contributed by atoms with van der Waals surface area (Å²) in [5.41, 5.74) is 0.929. The van der Waals surface area contributed by atoms with Crippen LogP contribution in [0.25, 0.3) is 0 Å². The number of nitrogens with one attached hydrogen (secondary N) is 2. The number of pyridine rings is 1. The van der Waals surface area contributed by atoms with Crippen molar-refractivity contribution in [2.75, 3.05) is 13.2 Å². The van der Waals surface area contributed by atoms with Gasteiger partial charge in [0, 0.05) is 32.0 Å². The van der Waals surface area contributed by atoms with Gasteiger partial charge in [0.2, 0.25) is 5.88 Å². The van der Waals surface area contributed by atoms with Crippen LogP contribution in [0.4, 0.5) is 4.79 Å². The van der Waals surface area contributed by atoms with Gasteiger partial charge in [-0.25, -0.2) is 9.78 Å². The number of ether oxygens (including phenoxy) is 2. The Balaban J connectivity index is 1.68. The van der Waals surface area contributed by atoms with E-state index in [-0.39, 0.29) is 18.2 Å². The molecule has 2 amide bonds. The number of nitrogens with zero attached hydrogens (tertiary/aromatic N) is 1. The summed E-state index contributed by atoms with van der Waals surface area (Å²) >= 11 is 0. The van der Waals surface area contributed by atoms with Crippen LogP contribution < -0.4 is 15.4 Å². The van der Waals surface area contributed by atoms with Gasteiger partial charge in [-0.2, -0.15) is 0 Å². The highest BCUT2D eigenvalue weighted by atomic mass is 16.5. The number of amides is 2. The Hall–Kier alpha value is -1.82. The Morgan fingerprint density at radius 2 is 2.33 bits per heavy atom. The summed E-state index contributed by atoms with van der Waals surface area (Å²) in [6, 6.07) is 3.51. The SMILES string of the molecule is CC(C)Oc1ccc(CNC(=O)NC[C@H]2CCCO2)cn1. The van der Waals surface area contributed by atoms with E-state index < -0.39 is 0 Å². The molecule has 1 saturated heterocycles. The van der Waals surface area contributed by atoms with Crippen molar-refractivity contribution in [2.24, 2.45) is 0 Å². The molecule has 0 saturated carbocycles. The first-order valence-electron chi connectivity index (χ1n) is 7.38. The first kappa shape index (κ1) is 15.6. The number of hydrogen-bond acceptors (Lipinski definition) is 4. The second kappa shape index (κ2) is 7.83.